The second-order valence-electron chi connectivity index (χ2n) is 4.68. The van der Waals surface area contributed by atoms with Gasteiger partial charge in [-0.05, 0) is 32.9 Å². The normalized spacial score (nSPS) is 12.9. The first kappa shape index (κ1) is 13.6. The number of methoxy groups -OCH3 is 1. The highest BCUT2D eigenvalue weighted by molar-refractivity contribution is 5.33. The van der Waals surface area contributed by atoms with Crippen LogP contribution in [0.15, 0.2) is 22.7 Å². The van der Waals surface area contributed by atoms with Crippen molar-refractivity contribution in [3.05, 3.63) is 35.5 Å². The highest BCUT2D eigenvalue weighted by atomic mass is 16.5. The number of nitrogens with two attached hydrogens (primary N) is 1. The summed E-state index contributed by atoms with van der Waals surface area (Å²) in [4.78, 5) is 0. The molecule has 0 saturated heterocycles. The van der Waals surface area contributed by atoms with E-state index in [-0.39, 0.29) is 12.1 Å². The van der Waals surface area contributed by atoms with Crippen LogP contribution >= 0.6 is 0 Å². The molecular formula is C13H20N4O2. The molecule has 1 unspecified atom stereocenters. The highest BCUT2D eigenvalue weighted by Crippen LogP contribution is 2.32. The van der Waals surface area contributed by atoms with Gasteiger partial charge in [-0.1, -0.05) is 0 Å². The Kier molecular flexibility index (Phi) is 3.92. The van der Waals surface area contributed by atoms with Crippen molar-refractivity contribution in [1.82, 2.24) is 15.2 Å². The van der Waals surface area contributed by atoms with E-state index in [1.54, 1.807) is 13.3 Å². The smallest absolute Gasteiger partial charge is 0.162 e. The maximum Gasteiger partial charge on any atom is 0.162 e. The van der Waals surface area contributed by atoms with E-state index in [1.165, 1.54) is 0 Å². The third-order valence-corrected chi connectivity index (χ3v) is 2.99. The van der Waals surface area contributed by atoms with Gasteiger partial charge in [-0.3, -0.25) is 10.5 Å². The number of rotatable bonds is 5. The van der Waals surface area contributed by atoms with Crippen molar-refractivity contribution in [2.24, 2.45) is 5.84 Å². The number of furan rings is 1. The van der Waals surface area contributed by atoms with E-state index in [0.29, 0.717) is 5.75 Å². The second kappa shape index (κ2) is 5.46. The fourth-order valence-electron chi connectivity index (χ4n) is 2.10. The van der Waals surface area contributed by atoms with Gasteiger partial charge in [0.05, 0.1) is 13.3 Å². The lowest BCUT2D eigenvalue weighted by molar-refractivity contribution is 0.373. The van der Waals surface area contributed by atoms with Gasteiger partial charge in [0.15, 0.2) is 5.75 Å². The van der Waals surface area contributed by atoms with Crippen LogP contribution in [-0.2, 0) is 0 Å². The Hall–Kier alpha value is -1.79. The van der Waals surface area contributed by atoms with Gasteiger partial charge < -0.3 is 9.15 Å². The number of aryl methyl sites for hydroxylation is 1. The first-order chi connectivity index (χ1) is 9.08. The number of hydrogen-bond acceptors (Lipinski definition) is 5. The quantitative estimate of drug-likeness (QED) is 0.637. The van der Waals surface area contributed by atoms with Crippen LogP contribution in [0.4, 0.5) is 0 Å². The lowest BCUT2D eigenvalue weighted by atomic mass is 10.1. The molecule has 3 N–H and O–H groups in total. The van der Waals surface area contributed by atoms with Crippen molar-refractivity contribution in [3.63, 3.8) is 0 Å². The van der Waals surface area contributed by atoms with Gasteiger partial charge in [-0.15, -0.1) is 0 Å². The Bertz CT molecular complexity index is 545. The van der Waals surface area contributed by atoms with Gasteiger partial charge in [0.2, 0.25) is 0 Å². The molecule has 2 aromatic heterocycles. The summed E-state index contributed by atoms with van der Waals surface area (Å²) >= 11 is 0. The average molecular weight is 264 g/mol. The van der Waals surface area contributed by atoms with E-state index in [2.05, 4.69) is 24.4 Å². The molecule has 0 radical (unpaired) electrons. The molecule has 2 heterocycles. The summed E-state index contributed by atoms with van der Waals surface area (Å²) in [6.07, 6.45) is 1.69. The van der Waals surface area contributed by atoms with E-state index in [1.807, 2.05) is 23.7 Å². The molecule has 0 saturated carbocycles. The van der Waals surface area contributed by atoms with Crippen LogP contribution in [0.2, 0.25) is 0 Å². The topological polar surface area (TPSA) is 78.2 Å². The monoisotopic (exact) mass is 264 g/mol. The third-order valence-electron chi connectivity index (χ3n) is 2.99. The summed E-state index contributed by atoms with van der Waals surface area (Å²) in [6.45, 7) is 6.00. The number of hydrazine groups is 1. The minimum Gasteiger partial charge on any atom is -0.493 e. The van der Waals surface area contributed by atoms with Crippen molar-refractivity contribution in [2.45, 2.75) is 32.9 Å². The molecule has 0 amide bonds. The molecular weight excluding hydrogens is 244 g/mol. The molecule has 2 rings (SSSR count). The molecule has 6 nitrogen and oxygen atoms in total. The first-order valence-corrected chi connectivity index (χ1v) is 6.22. The second-order valence-corrected chi connectivity index (χ2v) is 4.68. The summed E-state index contributed by atoms with van der Waals surface area (Å²) in [6, 6.07) is 3.71. The van der Waals surface area contributed by atoms with Gasteiger partial charge in [0.1, 0.15) is 23.3 Å². The van der Waals surface area contributed by atoms with Crippen LogP contribution in [0.5, 0.6) is 5.75 Å². The largest absolute Gasteiger partial charge is 0.493 e. The molecule has 0 fully saturated rings. The molecule has 0 spiro atoms. The van der Waals surface area contributed by atoms with E-state index >= 15 is 0 Å². The van der Waals surface area contributed by atoms with Crippen LogP contribution in [0.25, 0.3) is 0 Å². The molecule has 19 heavy (non-hydrogen) atoms. The standard InChI is InChI=1S/C13H20N4O2/c1-8(2)17-13(11(18-4)7-15-17)12(16-14)10-6-5-9(3)19-10/h5-8,12,16H,14H2,1-4H3. The first-order valence-electron chi connectivity index (χ1n) is 6.22. The molecule has 0 aliphatic rings. The molecule has 0 aliphatic heterocycles. The van der Waals surface area contributed by atoms with Crippen LogP contribution < -0.4 is 16.0 Å². The summed E-state index contributed by atoms with van der Waals surface area (Å²) in [7, 11) is 1.62. The molecule has 0 aliphatic carbocycles. The van der Waals surface area contributed by atoms with Gasteiger partial charge in [-0.25, -0.2) is 5.43 Å². The van der Waals surface area contributed by atoms with E-state index in [4.69, 9.17) is 15.0 Å². The maximum atomic E-state index is 5.69. The van der Waals surface area contributed by atoms with Crippen LogP contribution in [0.3, 0.4) is 0 Å². The average Bonchev–Trinajstić information content (AvgIpc) is 2.97. The summed E-state index contributed by atoms with van der Waals surface area (Å²) < 4.78 is 12.9. The van der Waals surface area contributed by atoms with Gasteiger partial charge in [-0.2, -0.15) is 5.10 Å². The van der Waals surface area contributed by atoms with Gasteiger partial charge in [0, 0.05) is 6.04 Å². The van der Waals surface area contributed by atoms with Crippen molar-refractivity contribution >= 4 is 0 Å². The fourth-order valence-corrected chi connectivity index (χ4v) is 2.10. The van der Waals surface area contributed by atoms with Crippen LogP contribution in [0, 0.1) is 6.92 Å². The predicted octanol–water partition coefficient (Wildman–Crippen LogP) is 1.93. The zero-order valence-corrected chi connectivity index (χ0v) is 11.7. The molecule has 1 atom stereocenters. The van der Waals surface area contributed by atoms with E-state index in [0.717, 1.165) is 17.2 Å². The molecule has 0 aromatic carbocycles. The zero-order valence-electron chi connectivity index (χ0n) is 11.7. The number of hydrogen-bond donors (Lipinski definition) is 2. The highest BCUT2D eigenvalue weighted by Gasteiger charge is 2.26. The summed E-state index contributed by atoms with van der Waals surface area (Å²) in [5.74, 6) is 7.95. The Morgan fingerprint density at radius 3 is 2.63 bits per heavy atom. The van der Waals surface area contributed by atoms with Crippen molar-refractivity contribution in [1.29, 1.82) is 0 Å². The Morgan fingerprint density at radius 1 is 1.42 bits per heavy atom. The summed E-state index contributed by atoms with van der Waals surface area (Å²) in [5.41, 5.74) is 3.63. The number of nitrogens with zero attached hydrogens (tertiary/aromatic N) is 2. The molecule has 2 aromatic rings. The SMILES string of the molecule is COc1cnn(C(C)C)c1C(NN)c1ccc(C)o1. The van der Waals surface area contributed by atoms with Crippen LogP contribution in [0.1, 0.15) is 43.1 Å². The third kappa shape index (κ3) is 2.50. The Morgan fingerprint density at radius 2 is 2.16 bits per heavy atom. The molecule has 104 valence electrons. The maximum absolute atomic E-state index is 5.69. The van der Waals surface area contributed by atoms with E-state index < -0.39 is 0 Å². The lowest BCUT2D eigenvalue weighted by Gasteiger charge is -2.19. The van der Waals surface area contributed by atoms with Crippen molar-refractivity contribution in [2.75, 3.05) is 7.11 Å². The van der Waals surface area contributed by atoms with E-state index in [9.17, 15) is 0 Å². The molecule has 0 bridgehead atoms. The fraction of sp³-hybridized carbons (Fsp3) is 0.462. The number of ether oxygens (including phenoxy) is 1. The minimum absolute atomic E-state index is 0.200. The van der Waals surface area contributed by atoms with Crippen LogP contribution in [-0.4, -0.2) is 16.9 Å². The number of nitrogens with one attached hydrogen (secondary N) is 1. The molecule has 6 heteroatoms. The predicted molar refractivity (Wildman–Crippen MR) is 71.8 cm³/mol. The summed E-state index contributed by atoms with van der Waals surface area (Å²) in [5, 5.41) is 4.34. The minimum atomic E-state index is -0.298. The Balaban J connectivity index is 2.50. The Labute approximate surface area is 112 Å². The zero-order chi connectivity index (χ0) is 14.0. The van der Waals surface area contributed by atoms with Gasteiger partial charge in [0.25, 0.3) is 0 Å². The van der Waals surface area contributed by atoms with Gasteiger partial charge >= 0.3 is 0 Å². The number of aromatic nitrogens is 2. The van der Waals surface area contributed by atoms with Crippen molar-refractivity contribution in [3.8, 4) is 5.75 Å². The lowest BCUT2D eigenvalue weighted by Crippen LogP contribution is -2.31. The van der Waals surface area contributed by atoms with Crippen molar-refractivity contribution < 1.29 is 9.15 Å².